The predicted octanol–water partition coefficient (Wildman–Crippen LogP) is 2.57. The highest BCUT2D eigenvalue weighted by molar-refractivity contribution is 5.79. The molecule has 1 heterocycles. The third-order valence-electron chi connectivity index (χ3n) is 3.33. The van der Waals surface area contributed by atoms with Crippen molar-refractivity contribution in [2.75, 3.05) is 13.6 Å². The zero-order valence-electron chi connectivity index (χ0n) is 14.4. The topological polar surface area (TPSA) is 54.2 Å². The Balaban J connectivity index is 2.28. The van der Waals surface area contributed by atoms with E-state index in [1.54, 1.807) is 0 Å². The zero-order valence-corrected chi connectivity index (χ0v) is 14.4. The Bertz CT molecular complexity index is 442. The third-order valence-corrected chi connectivity index (χ3v) is 3.33. The molecule has 0 fully saturated rings. The van der Waals surface area contributed by atoms with E-state index in [-0.39, 0.29) is 0 Å². The summed E-state index contributed by atoms with van der Waals surface area (Å²) in [6.07, 6.45) is 6.26. The highest BCUT2D eigenvalue weighted by Gasteiger charge is 2.13. The predicted molar refractivity (Wildman–Crippen MR) is 89.6 cm³/mol. The van der Waals surface area contributed by atoms with Gasteiger partial charge in [-0.05, 0) is 37.7 Å². The van der Waals surface area contributed by atoms with E-state index in [9.17, 15) is 0 Å². The summed E-state index contributed by atoms with van der Waals surface area (Å²) in [5.41, 5.74) is 1.57. The number of hydrogen-bond donors (Lipinski definition) is 2. The molecule has 21 heavy (non-hydrogen) atoms. The number of nitrogens with one attached hydrogen (secondary N) is 2. The summed E-state index contributed by atoms with van der Waals surface area (Å²) in [4.78, 5) is 4.27. The van der Waals surface area contributed by atoms with Gasteiger partial charge in [0, 0.05) is 25.8 Å². The number of aliphatic imine (C=N–C) groups is 1. The molecule has 0 aromatic carbocycles. The van der Waals surface area contributed by atoms with Crippen LogP contribution in [0.3, 0.4) is 0 Å². The van der Waals surface area contributed by atoms with Gasteiger partial charge in [0.05, 0.1) is 12.7 Å². The first-order valence-electron chi connectivity index (χ1n) is 7.76. The van der Waals surface area contributed by atoms with E-state index in [4.69, 9.17) is 0 Å². The molecule has 0 saturated carbocycles. The minimum atomic E-state index is 0.380. The molecular weight excluding hydrogens is 262 g/mol. The number of aryl methyl sites for hydroxylation is 1. The van der Waals surface area contributed by atoms with Crippen LogP contribution >= 0.6 is 0 Å². The molecule has 1 rings (SSSR count). The standard InChI is InChI=1S/C16H31N5/c1-13-11-19-21(12-13)10-9-18-15(17-6)20-14(2)7-8-16(3,4)5/h11-12,14H,7-10H2,1-6H3,(H2,17,18,20). The summed E-state index contributed by atoms with van der Waals surface area (Å²) in [5.74, 6) is 0.861. The van der Waals surface area contributed by atoms with Gasteiger partial charge in [-0.1, -0.05) is 20.8 Å². The van der Waals surface area contributed by atoms with Crippen LogP contribution in [0.4, 0.5) is 0 Å². The monoisotopic (exact) mass is 293 g/mol. The molecule has 0 amide bonds. The fraction of sp³-hybridized carbons (Fsp3) is 0.750. The van der Waals surface area contributed by atoms with Crippen LogP contribution in [-0.4, -0.2) is 35.4 Å². The van der Waals surface area contributed by atoms with Gasteiger partial charge in [0.1, 0.15) is 0 Å². The number of rotatable bonds is 6. The maximum atomic E-state index is 4.27. The fourth-order valence-corrected chi connectivity index (χ4v) is 2.03. The van der Waals surface area contributed by atoms with Gasteiger partial charge < -0.3 is 10.6 Å². The summed E-state index contributed by atoms with van der Waals surface area (Å²) in [6.45, 7) is 12.7. The molecule has 0 bridgehead atoms. The van der Waals surface area contributed by atoms with Crippen molar-refractivity contribution in [1.82, 2.24) is 20.4 Å². The highest BCUT2D eigenvalue weighted by Crippen LogP contribution is 2.21. The number of hydrogen-bond acceptors (Lipinski definition) is 2. The van der Waals surface area contributed by atoms with E-state index < -0.39 is 0 Å². The lowest BCUT2D eigenvalue weighted by Gasteiger charge is -2.23. The van der Waals surface area contributed by atoms with Crippen molar-refractivity contribution in [1.29, 1.82) is 0 Å². The molecule has 5 nitrogen and oxygen atoms in total. The number of nitrogens with zero attached hydrogens (tertiary/aromatic N) is 3. The molecular formula is C16H31N5. The Hall–Kier alpha value is -1.52. The van der Waals surface area contributed by atoms with Crippen molar-refractivity contribution in [3.05, 3.63) is 18.0 Å². The lowest BCUT2D eigenvalue weighted by atomic mass is 9.89. The third kappa shape index (κ3) is 7.73. The smallest absolute Gasteiger partial charge is 0.191 e. The maximum absolute atomic E-state index is 4.27. The quantitative estimate of drug-likeness (QED) is 0.626. The Kier molecular flexibility index (Phi) is 6.72. The molecule has 1 aromatic heterocycles. The Morgan fingerprint density at radius 2 is 2.14 bits per heavy atom. The molecule has 0 aliphatic rings. The van der Waals surface area contributed by atoms with Crippen LogP contribution in [0.2, 0.25) is 0 Å². The van der Waals surface area contributed by atoms with Gasteiger partial charge in [0.25, 0.3) is 0 Å². The van der Waals surface area contributed by atoms with Crippen LogP contribution in [0.25, 0.3) is 0 Å². The van der Waals surface area contributed by atoms with Gasteiger partial charge in [-0.2, -0.15) is 5.10 Å². The molecule has 0 aliphatic carbocycles. The van der Waals surface area contributed by atoms with Crippen molar-refractivity contribution >= 4 is 5.96 Å². The van der Waals surface area contributed by atoms with Crippen LogP contribution in [0.1, 0.15) is 46.1 Å². The SMILES string of the molecule is CN=C(NCCn1cc(C)cn1)NC(C)CCC(C)(C)C. The zero-order chi connectivity index (χ0) is 15.9. The first-order chi connectivity index (χ1) is 9.80. The molecule has 1 aromatic rings. The lowest BCUT2D eigenvalue weighted by molar-refractivity contribution is 0.346. The molecule has 1 unspecified atom stereocenters. The second kappa shape index (κ2) is 8.05. The minimum absolute atomic E-state index is 0.380. The van der Waals surface area contributed by atoms with Crippen molar-refractivity contribution < 1.29 is 0 Å². The van der Waals surface area contributed by atoms with Crippen molar-refractivity contribution in [2.45, 2.75) is 60.0 Å². The van der Waals surface area contributed by atoms with Crippen molar-refractivity contribution in [3.8, 4) is 0 Å². The summed E-state index contributed by atoms with van der Waals surface area (Å²) in [5, 5.41) is 11.0. The molecule has 1 atom stereocenters. The summed E-state index contributed by atoms with van der Waals surface area (Å²) < 4.78 is 1.94. The number of aromatic nitrogens is 2. The average molecular weight is 293 g/mol. The minimum Gasteiger partial charge on any atom is -0.355 e. The molecule has 5 heteroatoms. The van der Waals surface area contributed by atoms with Gasteiger partial charge in [-0.25, -0.2) is 0 Å². The van der Waals surface area contributed by atoms with Crippen LogP contribution < -0.4 is 10.6 Å². The first kappa shape index (κ1) is 17.5. The fourth-order valence-electron chi connectivity index (χ4n) is 2.03. The number of guanidine groups is 1. The van der Waals surface area contributed by atoms with Crippen molar-refractivity contribution in [3.63, 3.8) is 0 Å². The second-order valence-electron chi connectivity index (χ2n) is 6.92. The van der Waals surface area contributed by atoms with Crippen LogP contribution in [-0.2, 0) is 6.54 Å². The maximum Gasteiger partial charge on any atom is 0.191 e. The molecule has 120 valence electrons. The Morgan fingerprint density at radius 3 is 2.67 bits per heavy atom. The van der Waals surface area contributed by atoms with Gasteiger partial charge in [0.2, 0.25) is 0 Å². The normalized spacial score (nSPS) is 14.1. The van der Waals surface area contributed by atoms with Crippen LogP contribution in [0.5, 0.6) is 0 Å². The molecule has 0 aliphatic heterocycles. The molecule has 0 spiro atoms. The van der Waals surface area contributed by atoms with Gasteiger partial charge in [0.15, 0.2) is 5.96 Å². The summed E-state index contributed by atoms with van der Waals surface area (Å²) in [6, 6.07) is 0.419. The van der Waals surface area contributed by atoms with E-state index in [2.05, 4.69) is 48.4 Å². The van der Waals surface area contributed by atoms with Gasteiger partial charge >= 0.3 is 0 Å². The van der Waals surface area contributed by atoms with E-state index in [1.165, 1.54) is 12.0 Å². The highest BCUT2D eigenvalue weighted by atomic mass is 15.3. The lowest BCUT2D eigenvalue weighted by Crippen LogP contribution is -2.43. The molecule has 0 radical (unpaired) electrons. The van der Waals surface area contributed by atoms with Gasteiger partial charge in [-0.3, -0.25) is 9.67 Å². The Labute approximate surface area is 129 Å². The van der Waals surface area contributed by atoms with Crippen LogP contribution in [0.15, 0.2) is 17.4 Å². The summed E-state index contributed by atoms with van der Waals surface area (Å²) >= 11 is 0. The second-order valence-corrected chi connectivity index (χ2v) is 6.92. The van der Waals surface area contributed by atoms with Crippen molar-refractivity contribution in [2.24, 2.45) is 10.4 Å². The van der Waals surface area contributed by atoms with E-state index in [0.29, 0.717) is 11.5 Å². The average Bonchev–Trinajstić information content (AvgIpc) is 2.80. The van der Waals surface area contributed by atoms with E-state index in [1.807, 2.05) is 31.0 Å². The molecule has 0 saturated heterocycles. The first-order valence-corrected chi connectivity index (χ1v) is 7.76. The van der Waals surface area contributed by atoms with Gasteiger partial charge in [-0.15, -0.1) is 0 Å². The van der Waals surface area contributed by atoms with E-state index in [0.717, 1.165) is 25.5 Å². The Morgan fingerprint density at radius 1 is 1.43 bits per heavy atom. The molecule has 2 N–H and O–H groups in total. The largest absolute Gasteiger partial charge is 0.355 e. The van der Waals surface area contributed by atoms with E-state index >= 15 is 0 Å². The van der Waals surface area contributed by atoms with Crippen LogP contribution in [0, 0.1) is 12.3 Å². The summed E-state index contributed by atoms with van der Waals surface area (Å²) in [7, 11) is 1.81.